The normalized spacial score (nSPS) is 14.2. The van der Waals surface area contributed by atoms with Gasteiger partial charge in [-0.25, -0.2) is 19.3 Å². The molecule has 0 bridgehead atoms. The molecule has 4 atom stereocenters. The average molecular weight is 694 g/mol. The van der Waals surface area contributed by atoms with E-state index in [0.29, 0.717) is 11.4 Å². The maximum Gasteiger partial charge on any atom is 0.472 e. The summed E-state index contributed by atoms with van der Waals surface area (Å²) in [5.41, 5.74) is 6.31. The molecule has 0 aliphatic carbocycles. The fraction of sp³-hybridized carbons (Fsp3) is 0.407. The van der Waals surface area contributed by atoms with Crippen molar-refractivity contribution in [2.24, 2.45) is 0 Å². The Morgan fingerprint density at radius 1 is 1.08 bits per heavy atom. The number of aliphatic carboxylic acids is 1. The van der Waals surface area contributed by atoms with E-state index in [9.17, 15) is 43.6 Å². The molecule has 0 spiro atoms. The van der Waals surface area contributed by atoms with Crippen LogP contribution < -0.4 is 32.6 Å². The summed E-state index contributed by atoms with van der Waals surface area (Å²) >= 11 is 0. The van der Waals surface area contributed by atoms with Gasteiger partial charge in [-0.3, -0.25) is 33.2 Å². The van der Waals surface area contributed by atoms with Crippen LogP contribution in [0.3, 0.4) is 0 Å². The number of hydrogen-bond acceptors (Lipinski definition) is 14. The van der Waals surface area contributed by atoms with Gasteiger partial charge in [0.1, 0.15) is 6.04 Å². The molecule has 0 aliphatic heterocycles. The van der Waals surface area contributed by atoms with Crippen molar-refractivity contribution in [1.29, 1.82) is 0 Å². The molecule has 2 aromatic heterocycles. The number of anilines is 2. The number of amides is 3. The number of aromatic nitrogens is 4. The third-order valence-corrected chi connectivity index (χ3v) is 7.74. The van der Waals surface area contributed by atoms with E-state index in [0.717, 1.165) is 7.11 Å². The van der Waals surface area contributed by atoms with Crippen LogP contribution in [0.4, 0.5) is 11.6 Å². The van der Waals surface area contributed by atoms with Gasteiger partial charge in [0.25, 0.3) is 11.5 Å². The van der Waals surface area contributed by atoms with E-state index in [2.05, 4.69) is 45.7 Å². The molecule has 2 heterocycles. The Labute approximate surface area is 272 Å². The van der Waals surface area contributed by atoms with Crippen molar-refractivity contribution in [3.05, 3.63) is 52.1 Å². The van der Waals surface area contributed by atoms with Crippen molar-refractivity contribution >= 4 is 54.3 Å². The van der Waals surface area contributed by atoms with E-state index in [1.807, 2.05) is 0 Å². The number of carbonyl (C=O) groups excluding carboxylic acids is 3. The highest BCUT2D eigenvalue weighted by Gasteiger charge is 2.28. The highest BCUT2D eigenvalue weighted by atomic mass is 31.2. The molecule has 10 N–H and O–H groups in total. The number of nitrogens with zero attached hydrogens (tertiary/aromatic N) is 3. The topological polar surface area (TPSA) is 310 Å². The fourth-order valence-electron chi connectivity index (χ4n) is 4.08. The molecule has 3 rings (SSSR count). The van der Waals surface area contributed by atoms with E-state index < -0.39 is 61.9 Å². The van der Waals surface area contributed by atoms with Gasteiger partial charge in [-0.05, 0) is 37.6 Å². The zero-order chi connectivity index (χ0) is 35.4. The highest BCUT2D eigenvalue weighted by Crippen LogP contribution is 2.43. The minimum absolute atomic E-state index is 0.0283. The second kappa shape index (κ2) is 17.2. The average Bonchev–Trinajstić information content (AvgIpc) is 3.04. The molecule has 260 valence electrons. The third-order valence-electron chi connectivity index (χ3n) is 6.68. The summed E-state index contributed by atoms with van der Waals surface area (Å²) in [6.07, 6.45) is -0.378. The van der Waals surface area contributed by atoms with E-state index in [1.165, 1.54) is 25.3 Å². The first-order chi connectivity index (χ1) is 22.7. The number of phosphoric acid groups is 1. The van der Waals surface area contributed by atoms with Crippen LogP contribution in [0.5, 0.6) is 0 Å². The van der Waals surface area contributed by atoms with Crippen LogP contribution in [0.1, 0.15) is 42.2 Å². The molecule has 3 aromatic rings. The van der Waals surface area contributed by atoms with Gasteiger partial charge in [-0.2, -0.15) is 4.98 Å². The van der Waals surface area contributed by atoms with Crippen LogP contribution >= 0.6 is 7.82 Å². The van der Waals surface area contributed by atoms with E-state index in [-0.39, 0.29) is 55.0 Å². The van der Waals surface area contributed by atoms with Crippen molar-refractivity contribution in [3.63, 3.8) is 0 Å². The number of fused-ring (bicyclic) bond motifs is 1. The molecule has 0 radical (unpaired) electrons. The molecular weight excluding hydrogens is 657 g/mol. The molecule has 1 aromatic carbocycles. The van der Waals surface area contributed by atoms with Crippen molar-refractivity contribution in [3.8, 4) is 0 Å². The number of nitrogens with one attached hydrogen (secondary N) is 5. The fourth-order valence-corrected chi connectivity index (χ4v) is 4.74. The van der Waals surface area contributed by atoms with Crippen LogP contribution in [0.2, 0.25) is 0 Å². The number of benzene rings is 1. The smallest absolute Gasteiger partial charge is 0.472 e. The number of aliphatic hydroxyl groups is 1. The zero-order valence-electron chi connectivity index (χ0n) is 25.8. The van der Waals surface area contributed by atoms with Crippen molar-refractivity contribution in [1.82, 2.24) is 35.9 Å². The number of carboxylic acids is 1. The van der Waals surface area contributed by atoms with Crippen molar-refractivity contribution in [2.75, 3.05) is 31.3 Å². The molecule has 48 heavy (non-hydrogen) atoms. The SMILES string of the molecule is COP(=O)(O)OC(C)C(CO)NC(=O)CCNC(=O)CCC(NC(=O)c1ccc(NCc2cnc3nc(N)[nH]c(=O)c3n2)cc1)C(=O)O. The number of aliphatic hydroxyl groups excluding tert-OH is 1. The summed E-state index contributed by atoms with van der Waals surface area (Å²) in [6.45, 7) is 0.804. The number of carbonyl (C=O) groups is 4. The summed E-state index contributed by atoms with van der Waals surface area (Å²) in [6, 6.07) is 3.68. The number of hydrogen-bond donors (Lipinski definition) is 9. The number of rotatable bonds is 18. The van der Waals surface area contributed by atoms with Gasteiger partial charge < -0.3 is 42.1 Å². The van der Waals surface area contributed by atoms with Crippen molar-refractivity contribution < 1.29 is 47.9 Å². The number of aromatic amines is 1. The number of nitrogen functional groups attached to an aromatic ring is 1. The summed E-state index contributed by atoms with van der Waals surface area (Å²) in [5.74, 6) is -3.29. The molecule has 21 heteroatoms. The minimum atomic E-state index is -4.35. The van der Waals surface area contributed by atoms with Crippen LogP contribution in [-0.4, -0.2) is 97.2 Å². The molecule has 3 amide bonds. The van der Waals surface area contributed by atoms with Gasteiger partial charge in [0.05, 0.1) is 37.2 Å². The molecule has 0 aliphatic rings. The van der Waals surface area contributed by atoms with Crippen LogP contribution in [0.25, 0.3) is 11.2 Å². The first kappa shape index (κ1) is 37.4. The maximum atomic E-state index is 12.7. The summed E-state index contributed by atoms with van der Waals surface area (Å²) < 4.78 is 20.7. The van der Waals surface area contributed by atoms with Crippen LogP contribution in [0.15, 0.2) is 35.3 Å². The molecular formula is C27H36N9O11P. The number of H-pyrrole nitrogens is 1. The largest absolute Gasteiger partial charge is 0.480 e. The lowest BCUT2D eigenvalue weighted by atomic mass is 10.1. The second-order valence-corrected chi connectivity index (χ2v) is 11.7. The predicted molar refractivity (Wildman–Crippen MR) is 168 cm³/mol. The molecule has 0 saturated heterocycles. The lowest BCUT2D eigenvalue weighted by Crippen LogP contribution is -2.46. The Morgan fingerprint density at radius 3 is 2.44 bits per heavy atom. The quantitative estimate of drug-likeness (QED) is 0.0722. The van der Waals surface area contributed by atoms with Gasteiger partial charge in [0, 0.05) is 37.7 Å². The second-order valence-electron chi connectivity index (χ2n) is 10.2. The Bertz CT molecular complexity index is 1720. The molecule has 0 saturated carbocycles. The van der Waals surface area contributed by atoms with Crippen LogP contribution in [-0.2, 0) is 34.5 Å². The van der Waals surface area contributed by atoms with E-state index in [1.54, 1.807) is 12.1 Å². The summed E-state index contributed by atoms with van der Waals surface area (Å²) in [5, 5.41) is 29.3. The Balaban J connectivity index is 1.43. The standard InChI is InChI=1S/C27H36N9O11P/c1-14(47-48(44,45)46-2)19(13-37)33-21(39)9-10-29-20(38)8-7-18(26(42)43)34-24(40)15-3-5-16(6-4-15)30-11-17-12-31-23-22(32-17)25(41)36-27(28)35-23/h3-6,12,14,18-19,30,37H,7-11,13H2,1-2H3,(H,29,38)(H,33,39)(H,34,40)(H,42,43)(H,44,45)(H3,28,31,35,36,41). The van der Waals surface area contributed by atoms with Gasteiger partial charge in [0.15, 0.2) is 11.2 Å². The first-order valence-electron chi connectivity index (χ1n) is 14.3. The predicted octanol–water partition coefficient (Wildman–Crippen LogP) is -0.994. The molecule has 4 unspecified atom stereocenters. The lowest BCUT2D eigenvalue weighted by molar-refractivity contribution is -0.139. The zero-order valence-corrected chi connectivity index (χ0v) is 26.7. The van der Waals surface area contributed by atoms with E-state index in [4.69, 9.17) is 10.3 Å². The number of phosphoric ester groups is 1. The monoisotopic (exact) mass is 693 g/mol. The van der Waals surface area contributed by atoms with Crippen molar-refractivity contribution in [2.45, 2.75) is 50.9 Å². The van der Waals surface area contributed by atoms with Gasteiger partial charge in [-0.1, -0.05) is 0 Å². The Hall–Kier alpha value is -5.01. The Kier molecular flexibility index (Phi) is 13.4. The van der Waals surface area contributed by atoms with Crippen LogP contribution in [0, 0.1) is 0 Å². The van der Waals surface area contributed by atoms with Gasteiger partial charge in [-0.15, -0.1) is 0 Å². The Morgan fingerprint density at radius 2 is 1.79 bits per heavy atom. The maximum absolute atomic E-state index is 12.7. The first-order valence-corrected chi connectivity index (χ1v) is 15.8. The summed E-state index contributed by atoms with van der Waals surface area (Å²) in [7, 11) is -3.39. The number of carboxylic acid groups (broad SMARTS) is 1. The highest BCUT2D eigenvalue weighted by molar-refractivity contribution is 7.47. The number of nitrogens with two attached hydrogens (primary N) is 1. The van der Waals surface area contributed by atoms with Gasteiger partial charge in [0.2, 0.25) is 17.8 Å². The van der Waals surface area contributed by atoms with Gasteiger partial charge >= 0.3 is 13.8 Å². The van der Waals surface area contributed by atoms with E-state index >= 15 is 0 Å². The third kappa shape index (κ3) is 11.4. The lowest BCUT2D eigenvalue weighted by Gasteiger charge is -2.24. The molecule has 20 nitrogen and oxygen atoms in total. The molecule has 0 fully saturated rings. The summed E-state index contributed by atoms with van der Waals surface area (Å²) in [4.78, 5) is 84.9. The minimum Gasteiger partial charge on any atom is -0.480 e.